The van der Waals surface area contributed by atoms with Crippen molar-refractivity contribution in [2.45, 2.75) is 89.3 Å². The van der Waals surface area contributed by atoms with Gasteiger partial charge in [-0.3, -0.25) is 9.89 Å². The highest BCUT2D eigenvalue weighted by molar-refractivity contribution is 5.91. The van der Waals surface area contributed by atoms with E-state index in [0.717, 1.165) is 25.2 Å². The van der Waals surface area contributed by atoms with E-state index in [0.29, 0.717) is 0 Å². The Hall–Kier alpha value is -0.570. The Morgan fingerprint density at radius 1 is 0.950 bits per heavy atom. The SMILES string of the molecule is CC(C)(C1=NCCCN1)N(C1CCCC1)C1CCCC1. The van der Waals surface area contributed by atoms with E-state index in [4.69, 9.17) is 4.99 Å². The standard InChI is InChI=1S/C17H31N3/c1-17(2,16-18-12-7-13-19-16)20(14-8-3-4-9-14)15-10-5-6-11-15/h14-15H,3-13H2,1-2H3,(H,18,19). The zero-order valence-electron chi connectivity index (χ0n) is 13.3. The highest BCUT2D eigenvalue weighted by atomic mass is 15.3. The summed E-state index contributed by atoms with van der Waals surface area (Å²) in [7, 11) is 0. The van der Waals surface area contributed by atoms with Crippen LogP contribution in [0.4, 0.5) is 0 Å². The number of aliphatic imine (C=N–C) groups is 1. The summed E-state index contributed by atoms with van der Waals surface area (Å²) in [5, 5.41) is 3.60. The predicted octanol–water partition coefficient (Wildman–Crippen LogP) is 3.34. The fourth-order valence-electron chi connectivity index (χ4n) is 4.64. The molecule has 2 saturated carbocycles. The maximum Gasteiger partial charge on any atom is 0.116 e. The van der Waals surface area contributed by atoms with Crippen LogP contribution in [0, 0.1) is 0 Å². The molecule has 114 valence electrons. The van der Waals surface area contributed by atoms with Crippen molar-refractivity contribution < 1.29 is 0 Å². The summed E-state index contributed by atoms with van der Waals surface area (Å²) < 4.78 is 0. The largest absolute Gasteiger partial charge is 0.372 e. The van der Waals surface area contributed by atoms with Crippen LogP contribution >= 0.6 is 0 Å². The van der Waals surface area contributed by atoms with E-state index in [1.54, 1.807) is 0 Å². The first-order chi connectivity index (χ1) is 9.69. The summed E-state index contributed by atoms with van der Waals surface area (Å²) in [6.07, 6.45) is 12.5. The van der Waals surface area contributed by atoms with Crippen LogP contribution in [0.1, 0.15) is 71.6 Å². The van der Waals surface area contributed by atoms with E-state index in [9.17, 15) is 0 Å². The second-order valence-electron chi connectivity index (χ2n) is 7.35. The first-order valence-electron chi connectivity index (χ1n) is 8.77. The van der Waals surface area contributed by atoms with Crippen molar-refractivity contribution in [3.63, 3.8) is 0 Å². The van der Waals surface area contributed by atoms with Crippen LogP contribution in [0.2, 0.25) is 0 Å². The van der Waals surface area contributed by atoms with Crippen LogP contribution in [-0.4, -0.2) is 41.4 Å². The minimum absolute atomic E-state index is 0.0877. The molecular formula is C17H31N3. The molecule has 3 nitrogen and oxygen atoms in total. The Morgan fingerprint density at radius 2 is 1.50 bits per heavy atom. The highest BCUT2D eigenvalue weighted by Crippen LogP contribution is 2.37. The van der Waals surface area contributed by atoms with Gasteiger partial charge >= 0.3 is 0 Å². The molecule has 20 heavy (non-hydrogen) atoms. The Balaban J connectivity index is 1.84. The zero-order chi connectivity index (χ0) is 14.0. The Morgan fingerprint density at radius 3 is 1.95 bits per heavy atom. The molecule has 3 aliphatic rings. The molecule has 1 heterocycles. The third kappa shape index (κ3) is 2.74. The van der Waals surface area contributed by atoms with Gasteiger partial charge in [-0.25, -0.2) is 0 Å². The fourth-order valence-corrected chi connectivity index (χ4v) is 4.64. The molecule has 2 aliphatic carbocycles. The third-order valence-corrected chi connectivity index (χ3v) is 5.56. The number of rotatable bonds is 4. The van der Waals surface area contributed by atoms with Crippen molar-refractivity contribution in [3.8, 4) is 0 Å². The fraction of sp³-hybridized carbons (Fsp3) is 0.941. The van der Waals surface area contributed by atoms with Gasteiger partial charge in [0.15, 0.2) is 0 Å². The molecule has 3 heteroatoms. The lowest BCUT2D eigenvalue weighted by Crippen LogP contribution is -2.61. The molecule has 0 atom stereocenters. The first kappa shape index (κ1) is 14.4. The van der Waals surface area contributed by atoms with Crippen LogP contribution in [0.25, 0.3) is 0 Å². The zero-order valence-corrected chi connectivity index (χ0v) is 13.3. The van der Waals surface area contributed by atoms with Gasteiger partial charge in [-0.2, -0.15) is 0 Å². The third-order valence-electron chi connectivity index (χ3n) is 5.56. The monoisotopic (exact) mass is 277 g/mol. The average molecular weight is 277 g/mol. The lowest BCUT2D eigenvalue weighted by Gasteiger charge is -2.47. The normalized spacial score (nSPS) is 26.1. The molecule has 0 unspecified atom stereocenters. The number of nitrogens with one attached hydrogen (secondary N) is 1. The molecule has 0 spiro atoms. The molecule has 2 fully saturated rings. The number of amidine groups is 1. The van der Waals surface area contributed by atoms with Crippen LogP contribution in [0.5, 0.6) is 0 Å². The van der Waals surface area contributed by atoms with Crippen LogP contribution < -0.4 is 5.32 Å². The van der Waals surface area contributed by atoms with Gasteiger partial charge in [-0.15, -0.1) is 0 Å². The summed E-state index contributed by atoms with van der Waals surface area (Å²) in [6.45, 7) is 6.92. The van der Waals surface area contributed by atoms with E-state index in [1.807, 2.05) is 0 Å². The Bertz CT molecular complexity index is 333. The lowest BCUT2D eigenvalue weighted by molar-refractivity contribution is 0.0645. The molecule has 3 rings (SSSR count). The maximum absolute atomic E-state index is 4.83. The van der Waals surface area contributed by atoms with Gasteiger partial charge in [0.1, 0.15) is 5.84 Å². The molecule has 0 aromatic heterocycles. The Labute approximate surface area is 124 Å². The van der Waals surface area contributed by atoms with Crippen LogP contribution in [0.3, 0.4) is 0 Å². The molecule has 0 aromatic carbocycles. The van der Waals surface area contributed by atoms with Gasteiger partial charge in [0.05, 0.1) is 5.54 Å². The van der Waals surface area contributed by atoms with Crippen molar-refractivity contribution in [3.05, 3.63) is 0 Å². The van der Waals surface area contributed by atoms with Crippen molar-refractivity contribution in [2.75, 3.05) is 13.1 Å². The molecule has 0 saturated heterocycles. The van der Waals surface area contributed by atoms with E-state index >= 15 is 0 Å². The highest BCUT2D eigenvalue weighted by Gasteiger charge is 2.42. The average Bonchev–Trinajstić information content (AvgIpc) is 3.14. The Kier molecular flexibility index (Phi) is 4.34. The van der Waals surface area contributed by atoms with E-state index in [-0.39, 0.29) is 5.54 Å². The van der Waals surface area contributed by atoms with Gasteiger partial charge in [0, 0.05) is 25.2 Å². The summed E-state index contributed by atoms with van der Waals surface area (Å²) in [4.78, 5) is 7.69. The van der Waals surface area contributed by atoms with Crippen LogP contribution in [-0.2, 0) is 0 Å². The second kappa shape index (κ2) is 6.05. The molecule has 1 aliphatic heterocycles. The number of hydrogen-bond donors (Lipinski definition) is 1. The number of nitrogens with zero attached hydrogens (tertiary/aromatic N) is 2. The van der Waals surface area contributed by atoms with Gasteiger partial charge in [-0.05, 0) is 46.0 Å². The number of hydrogen-bond acceptors (Lipinski definition) is 3. The van der Waals surface area contributed by atoms with Gasteiger partial charge in [0.2, 0.25) is 0 Å². The summed E-state index contributed by atoms with van der Waals surface area (Å²) >= 11 is 0. The summed E-state index contributed by atoms with van der Waals surface area (Å²) in [5.74, 6) is 1.25. The van der Waals surface area contributed by atoms with Gasteiger partial charge < -0.3 is 5.32 Å². The second-order valence-corrected chi connectivity index (χ2v) is 7.35. The maximum atomic E-state index is 4.83. The molecule has 0 bridgehead atoms. The molecule has 0 amide bonds. The van der Waals surface area contributed by atoms with E-state index in [1.165, 1.54) is 63.6 Å². The minimum atomic E-state index is 0.0877. The van der Waals surface area contributed by atoms with Crippen molar-refractivity contribution in [1.29, 1.82) is 0 Å². The van der Waals surface area contributed by atoms with E-state index < -0.39 is 0 Å². The van der Waals surface area contributed by atoms with Crippen molar-refractivity contribution in [1.82, 2.24) is 10.2 Å². The van der Waals surface area contributed by atoms with Gasteiger partial charge in [0.25, 0.3) is 0 Å². The molecule has 0 radical (unpaired) electrons. The van der Waals surface area contributed by atoms with Crippen molar-refractivity contribution in [2.24, 2.45) is 4.99 Å². The molecule has 1 N–H and O–H groups in total. The predicted molar refractivity (Wildman–Crippen MR) is 85.4 cm³/mol. The van der Waals surface area contributed by atoms with Crippen LogP contribution in [0.15, 0.2) is 4.99 Å². The molecule has 0 aromatic rings. The molecular weight excluding hydrogens is 246 g/mol. The quantitative estimate of drug-likeness (QED) is 0.853. The summed E-state index contributed by atoms with van der Waals surface area (Å²) in [6, 6.07) is 1.58. The lowest BCUT2D eigenvalue weighted by atomic mass is 9.93. The van der Waals surface area contributed by atoms with Gasteiger partial charge in [-0.1, -0.05) is 25.7 Å². The first-order valence-corrected chi connectivity index (χ1v) is 8.77. The summed E-state index contributed by atoms with van der Waals surface area (Å²) in [5.41, 5.74) is 0.0877. The van der Waals surface area contributed by atoms with E-state index in [2.05, 4.69) is 24.1 Å². The topological polar surface area (TPSA) is 27.6 Å². The minimum Gasteiger partial charge on any atom is -0.372 e. The van der Waals surface area contributed by atoms with Crippen molar-refractivity contribution >= 4 is 5.84 Å². The smallest absolute Gasteiger partial charge is 0.116 e.